The number of anilines is 1. The van der Waals surface area contributed by atoms with Gasteiger partial charge in [-0.15, -0.1) is 0 Å². The monoisotopic (exact) mass is 494 g/mol. The molecule has 3 aromatic carbocycles. The third kappa shape index (κ3) is 4.10. The van der Waals surface area contributed by atoms with Gasteiger partial charge in [-0.05, 0) is 55.3 Å². The molecule has 8 nitrogen and oxygen atoms in total. The molecule has 0 atom stereocenters. The fourth-order valence-electron chi connectivity index (χ4n) is 4.81. The predicted octanol–water partition coefficient (Wildman–Crippen LogP) is 5.31. The topological polar surface area (TPSA) is 82.1 Å². The average molecular weight is 495 g/mol. The SMILES string of the molecule is COc1cc(N2CCCC2)ccc1C=Nn1c(-c2cc3c(OC)cccc3o2)nc2ccccc2c1=O. The predicted molar refractivity (Wildman–Crippen MR) is 145 cm³/mol. The van der Waals surface area contributed by atoms with Gasteiger partial charge in [-0.2, -0.15) is 9.78 Å². The number of para-hydroxylation sites is 1. The number of rotatable bonds is 6. The van der Waals surface area contributed by atoms with Crippen LogP contribution in [0.15, 0.2) is 81.0 Å². The first-order valence-electron chi connectivity index (χ1n) is 12.2. The Morgan fingerprint density at radius 1 is 0.919 bits per heavy atom. The van der Waals surface area contributed by atoms with E-state index in [0.29, 0.717) is 39.6 Å². The maximum absolute atomic E-state index is 13.6. The van der Waals surface area contributed by atoms with Crippen LogP contribution in [0.1, 0.15) is 18.4 Å². The number of ether oxygens (including phenoxy) is 2. The summed E-state index contributed by atoms with van der Waals surface area (Å²) in [5.41, 5.74) is 2.77. The number of aromatic nitrogens is 2. The van der Waals surface area contributed by atoms with Gasteiger partial charge in [-0.25, -0.2) is 4.98 Å². The Balaban J connectivity index is 1.49. The van der Waals surface area contributed by atoms with Gasteiger partial charge < -0.3 is 18.8 Å². The summed E-state index contributed by atoms with van der Waals surface area (Å²) < 4.78 is 18.5. The Bertz CT molecular complexity index is 1700. The van der Waals surface area contributed by atoms with E-state index in [0.717, 1.165) is 29.7 Å². The molecule has 0 amide bonds. The minimum Gasteiger partial charge on any atom is -0.496 e. The summed E-state index contributed by atoms with van der Waals surface area (Å²) in [6.07, 6.45) is 4.01. The molecule has 0 bridgehead atoms. The van der Waals surface area contributed by atoms with Crippen molar-refractivity contribution in [3.63, 3.8) is 0 Å². The molecule has 5 aromatic rings. The van der Waals surface area contributed by atoms with Crippen LogP contribution in [0.5, 0.6) is 11.5 Å². The molecule has 1 aliphatic rings. The Morgan fingerprint density at radius 2 is 1.73 bits per heavy atom. The molecule has 0 saturated carbocycles. The zero-order valence-corrected chi connectivity index (χ0v) is 20.7. The summed E-state index contributed by atoms with van der Waals surface area (Å²) in [6, 6.07) is 20.6. The maximum atomic E-state index is 13.6. The van der Waals surface area contributed by atoms with Crippen molar-refractivity contribution in [3.05, 3.63) is 82.6 Å². The molecule has 1 aliphatic heterocycles. The molecule has 1 fully saturated rings. The van der Waals surface area contributed by atoms with Crippen LogP contribution in [-0.4, -0.2) is 43.2 Å². The van der Waals surface area contributed by atoms with Crippen molar-refractivity contribution < 1.29 is 13.9 Å². The molecule has 8 heteroatoms. The lowest BCUT2D eigenvalue weighted by atomic mass is 10.2. The third-order valence-electron chi connectivity index (χ3n) is 6.72. The van der Waals surface area contributed by atoms with Gasteiger partial charge >= 0.3 is 0 Å². The van der Waals surface area contributed by atoms with Gasteiger partial charge in [0.15, 0.2) is 5.76 Å². The van der Waals surface area contributed by atoms with Crippen LogP contribution < -0.4 is 19.9 Å². The van der Waals surface area contributed by atoms with Gasteiger partial charge in [-0.1, -0.05) is 18.2 Å². The normalized spacial score (nSPS) is 13.7. The first kappa shape index (κ1) is 22.8. The lowest BCUT2D eigenvalue weighted by Gasteiger charge is -2.19. The standard InChI is InChI=1S/C29H26N4O4/c1-35-24-10-7-11-25-22(24)17-27(37-25)28-31-23-9-4-3-8-21(23)29(34)33(28)30-18-19-12-13-20(16-26(19)36-2)32-14-5-6-15-32/h3-4,7-13,16-18H,5-6,14-15H2,1-2H3. The Hall–Kier alpha value is -4.59. The Labute approximate surface area is 213 Å². The third-order valence-corrected chi connectivity index (χ3v) is 6.72. The van der Waals surface area contributed by atoms with E-state index in [-0.39, 0.29) is 5.56 Å². The summed E-state index contributed by atoms with van der Waals surface area (Å²) >= 11 is 0. The quantitative estimate of drug-likeness (QED) is 0.298. The van der Waals surface area contributed by atoms with E-state index in [1.165, 1.54) is 17.5 Å². The molecule has 0 radical (unpaired) electrons. The highest BCUT2D eigenvalue weighted by Gasteiger charge is 2.18. The van der Waals surface area contributed by atoms with E-state index < -0.39 is 0 Å². The molecule has 0 spiro atoms. The van der Waals surface area contributed by atoms with Crippen LogP contribution in [-0.2, 0) is 0 Å². The number of hydrogen-bond donors (Lipinski definition) is 0. The van der Waals surface area contributed by atoms with Crippen LogP contribution in [0.3, 0.4) is 0 Å². The molecule has 0 aliphatic carbocycles. The second-order valence-electron chi connectivity index (χ2n) is 8.92. The molecule has 186 valence electrons. The molecule has 1 saturated heterocycles. The first-order valence-corrected chi connectivity index (χ1v) is 12.2. The molecule has 0 N–H and O–H groups in total. The van der Waals surface area contributed by atoms with E-state index >= 15 is 0 Å². The number of methoxy groups -OCH3 is 2. The lowest BCUT2D eigenvalue weighted by Crippen LogP contribution is -2.20. The Kier molecular flexibility index (Phi) is 5.84. The van der Waals surface area contributed by atoms with Crippen molar-refractivity contribution in [1.82, 2.24) is 9.66 Å². The highest BCUT2D eigenvalue weighted by atomic mass is 16.5. The van der Waals surface area contributed by atoms with Crippen LogP contribution in [0, 0.1) is 0 Å². The van der Waals surface area contributed by atoms with Crippen LogP contribution in [0.4, 0.5) is 5.69 Å². The molecule has 37 heavy (non-hydrogen) atoms. The number of benzene rings is 3. The number of fused-ring (bicyclic) bond motifs is 2. The summed E-state index contributed by atoms with van der Waals surface area (Å²) in [5.74, 6) is 2.07. The van der Waals surface area contributed by atoms with E-state index in [4.69, 9.17) is 18.9 Å². The van der Waals surface area contributed by atoms with E-state index in [2.05, 4.69) is 16.1 Å². The fourth-order valence-corrected chi connectivity index (χ4v) is 4.81. The van der Waals surface area contributed by atoms with E-state index in [1.807, 2.05) is 48.5 Å². The van der Waals surface area contributed by atoms with Crippen LogP contribution in [0.25, 0.3) is 33.5 Å². The number of nitrogens with zero attached hydrogens (tertiary/aromatic N) is 4. The minimum absolute atomic E-state index is 0.295. The van der Waals surface area contributed by atoms with Gasteiger partial charge in [0.2, 0.25) is 5.82 Å². The van der Waals surface area contributed by atoms with Crippen LogP contribution >= 0.6 is 0 Å². The second kappa shape index (κ2) is 9.46. The summed E-state index contributed by atoms with van der Waals surface area (Å²) in [6.45, 7) is 2.08. The van der Waals surface area contributed by atoms with Crippen molar-refractivity contribution in [2.45, 2.75) is 12.8 Å². The van der Waals surface area contributed by atoms with Gasteiger partial charge in [-0.3, -0.25) is 4.79 Å². The highest BCUT2D eigenvalue weighted by molar-refractivity contribution is 5.89. The summed E-state index contributed by atoms with van der Waals surface area (Å²) in [4.78, 5) is 20.7. The molecule has 0 unspecified atom stereocenters. The zero-order chi connectivity index (χ0) is 25.4. The van der Waals surface area contributed by atoms with Crippen molar-refractivity contribution in [2.75, 3.05) is 32.2 Å². The van der Waals surface area contributed by atoms with Gasteiger partial charge in [0.1, 0.15) is 17.1 Å². The van der Waals surface area contributed by atoms with Crippen molar-refractivity contribution in [2.24, 2.45) is 5.10 Å². The van der Waals surface area contributed by atoms with E-state index in [1.54, 1.807) is 32.6 Å². The number of furan rings is 1. The number of hydrogen-bond acceptors (Lipinski definition) is 7. The van der Waals surface area contributed by atoms with Crippen molar-refractivity contribution >= 4 is 33.8 Å². The molecule has 2 aromatic heterocycles. The summed E-state index contributed by atoms with van der Waals surface area (Å²) in [5, 5.41) is 5.84. The summed E-state index contributed by atoms with van der Waals surface area (Å²) in [7, 11) is 3.25. The van der Waals surface area contributed by atoms with Crippen molar-refractivity contribution in [3.8, 4) is 23.1 Å². The minimum atomic E-state index is -0.295. The maximum Gasteiger partial charge on any atom is 0.282 e. The van der Waals surface area contributed by atoms with Gasteiger partial charge in [0.05, 0.1) is 36.7 Å². The second-order valence-corrected chi connectivity index (χ2v) is 8.92. The Morgan fingerprint density at radius 3 is 2.54 bits per heavy atom. The molecular weight excluding hydrogens is 468 g/mol. The van der Waals surface area contributed by atoms with E-state index in [9.17, 15) is 4.79 Å². The molecular formula is C29H26N4O4. The molecule has 6 rings (SSSR count). The van der Waals surface area contributed by atoms with Crippen molar-refractivity contribution in [1.29, 1.82) is 0 Å². The fraction of sp³-hybridized carbons (Fsp3) is 0.207. The zero-order valence-electron chi connectivity index (χ0n) is 20.7. The van der Waals surface area contributed by atoms with Gasteiger partial charge in [0.25, 0.3) is 5.56 Å². The molecule has 3 heterocycles. The highest BCUT2D eigenvalue weighted by Crippen LogP contribution is 2.33. The largest absolute Gasteiger partial charge is 0.496 e. The lowest BCUT2D eigenvalue weighted by molar-refractivity contribution is 0.414. The van der Waals surface area contributed by atoms with Gasteiger partial charge in [0, 0.05) is 30.4 Å². The van der Waals surface area contributed by atoms with Crippen LogP contribution in [0.2, 0.25) is 0 Å². The first-order chi connectivity index (χ1) is 18.2. The average Bonchev–Trinajstić information content (AvgIpc) is 3.63. The smallest absolute Gasteiger partial charge is 0.282 e.